The van der Waals surface area contributed by atoms with Crippen LogP contribution in [0.2, 0.25) is 0 Å². The van der Waals surface area contributed by atoms with Crippen molar-refractivity contribution in [3.8, 4) is 0 Å². The van der Waals surface area contributed by atoms with E-state index in [9.17, 15) is 4.79 Å². The Morgan fingerprint density at radius 2 is 1.94 bits per heavy atom. The first-order valence-corrected chi connectivity index (χ1v) is 6.40. The number of pyridine rings is 1. The Kier molecular flexibility index (Phi) is 3.99. The first-order valence-electron chi connectivity index (χ1n) is 5.58. The monoisotopic (exact) mass is 259 g/mol. The quantitative estimate of drug-likeness (QED) is 0.914. The van der Waals surface area contributed by atoms with E-state index < -0.39 is 11.9 Å². The van der Waals surface area contributed by atoms with Crippen molar-refractivity contribution in [1.82, 2.24) is 4.98 Å². The minimum absolute atomic E-state index is 0.520. The zero-order chi connectivity index (χ0) is 13.0. The van der Waals surface area contributed by atoms with E-state index in [4.69, 9.17) is 5.11 Å². The molecule has 0 aliphatic rings. The molecule has 18 heavy (non-hydrogen) atoms. The number of carbonyl (C=O) groups is 1. The van der Waals surface area contributed by atoms with E-state index in [-0.39, 0.29) is 0 Å². The molecule has 2 aromatic rings. The van der Waals surface area contributed by atoms with Crippen LogP contribution in [-0.4, -0.2) is 16.1 Å². The molecule has 1 unspecified atom stereocenters. The van der Waals surface area contributed by atoms with Gasteiger partial charge in [-0.25, -0.2) is 4.98 Å². The van der Waals surface area contributed by atoms with Gasteiger partial charge >= 0.3 is 5.97 Å². The second-order valence-corrected chi connectivity index (χ2v) is 5.00. The molecule has 92 valence electrons. The number of benzene rings is 1. The molecule has 0 radical (unpaired) electrons. The zero-order valence-corrected chi connectivity index (χ0v) is 10.7. The SMILES string of the molecule is CC(C(=O)O)c1ccc(Sc2ccccc2)nc1. The van der Waals surface area contributed by atoms with Gasteiger partial charge < -0.3 is 5.11 Å². The summed E-state index contributed by atoms with van der Waals surface area (Å²) in [5, 5.41) is 9.77. The fourth-order valence-corrected chi connectivity index (χ4v) is 2.24. The fraction of sp³-hybridized carbons (Fsp3) is 0.143. The Bertz CT molecular complexity index is 525. The normalized spacial score (nSPS) is 12.1. The third kappa shape index (κ3) is 3.11. The summed E-state index contributed by atoms with van der Waals surface area (Å²) >= 11 is 1.56. The van der Waals surface area contributed by atoms with Gasteiger partial charge in [-0.15, -0.1) is 0 Å². The van der Waals surface area contributed by atoms with Gasteiger partial charge in [0.25, 0.3) is 0 Å². The van der Waals surface area contributed by atoms with Crippen LogP contribution in [0, 0.1) is 0 Å². The lowest BCUT2D eigenvalue weighted by Crippen LogP contribution is -2.07. The van der Waals surface area contributed by atoms with E-state index >= 15 is 0 Å². The van der Waals surface area contributed by atoms with E-state index in [0.717, 1.165) is 15.5 Å². The summed E-state index contributed by atoms with van der Waals surface area (Å²) in [5.41, 5.74) is 0.722. The molecule has 1 aromatic carbocycles. The van der Waals surface area contributed by atoms with E-state index in [0.29, 0.717) is 0 Å². The summed E-state index contributed by atoms with van der Waals surface area (Å²) in [6.07, 6.45) is 1.63. The smallest absolute Gasteiger partial charge is 0.310 e. The molecule has 1 aromatic heterocycles. The maximum Gasteiger partial charge on any atom is 0.310 e. The average molecular weight is 259 g/mol. The summed E-state index contributed by atoms with van der Waals surface area (Å²) in [7, 11) is 0. The van der Waals surface area contributed by atoms with E-state index in [1.807, 2.05) is 42.5 Å². The maximum atomic E-state index is 10.8. The first-order chi connectivity index (χ1) is 8.66. The molecule has 0 bridgehead atoms. The third-order valence-corrected chi connectivity index (χ3v) is 3.55. The van der Waals surface area contributed by atoms with Crippen molar-refractivity contribution in [3.05, 3.63) is 54.2 Å². The van der Waals surface area contributed by atoms with Crippen LogP contribution in [-0.2, 0) is 4.79 Å². The molecule has 0 aliphatic heterocycles. The molecule has 0 fully saturated rings. The highest BCUT2D eigenvalue weighted by Gasteiger charge is 2.13. The molecule has 0 spiro atoms. The highest BCUT2D eigenvalue weighted by atomic mass is 32.2. The van der Waals surface area contributed by atoms with Gasteiger partial charge in [-0.3, -0.25) is 4.79 Å². The predicted octanol–water partition coefficient (Wildman–Crippen LogP) is 3.42. The number of aliphatic carboxylic acids is 1. The molecule has 1 atom stereocenters. The van der Waals surface area contributed by atoms with Crippen molar-refractivity contribution in [2.45, 2.75) is 22.8 Å². The first kappa shape index (κ1) is 12.6. The zero-order valence-electron chi connectivity index (χ0n) is 9.91. The van der Waals surface area contributed by atoms with Gasteiger partial charge in [0.05, 0.1) is 5.92 Å². The van der Waals surface area contributed by atoms with Crippen LogP contribution in [0.4, 0.5) is 0 Å². The van der Waals surface area contributed by atoms with Gasteiger partial charge in [0.15, 0.2) is 0 Å². The number of hydrogen-bond acceptors (Lipinski definition) is 3. The van der Waals surface area contributed by atoms with Crippen LogP contribution in [0.5, 0.6) is 0 Å². The lowest BCUT2D eigenvalue weighted by Gasteiger charge is -2.06. The minimum Gasteiger partial charge on any atom is -0.481 e. The van der Waals surface area contributed by atoms with Crippen molar-refractivity contribution in [3.63, 3.8) is 0 Å². The largest absolute Gasteiger partial charge is 0.481 e. The maximum absolute atomic E-state index is 10.8. The Morgan fingerprint density at radius 1 is 1.22 bits per heavy atom. The van der Waals surface area contributed by atoms with Gasteiger partial charge in [-0.1, -0.05) is 36.0 Å². The summed E-state index contributed by atoms with van der Waals surface area (Å²) in [6.45, 7) is 1.66. The van der Waals surface area contributed by atoms with Gasteiger partial charge in [0.1, 0.15) is 5.03 Å². The Balaban J connectivity index is 2.11. The van der Waals surface area contributed by atoms with Crippen LogP contribution in [0.15, 0.2) is 58.6 Å². The number of hydrogen-bond donors (Lipinski definition) is 1. The van der Waals surface area contributed by atoms with Crippen molar-refractivity contribution in [1.29, 1.82) is 0 Å². The van der Waals surface area contributed by atoms with Gasteiger partial charge in [-0.2, -0.15) is 0 Å². The average Bonchev–Trinajstić information content (AvgIpc) is 2.40. The Morgan fingerprint density at radius 3 is 2.50 bits per heavy atom. The minimum atomic E-state index is -0.833. The fourth-order valence-electron chi connectivity index (χ4n) is 1.46. The number of aromatic nitrogens is 1. The molecule has 1 heterocycles. The molecular formula is C14H13NO2S. The second kappa shape index (κ2) is 5.69. The van der Waals surface area contributed by atoms with E-state index in [1.54, 1.807) is 24.9 Å². The van der Waals surface area contributed by atoms with E-state index in [1.165, 1.54) is 0 Å². The van der Waals surface area contributed by atoms with Crippen molar-refractivity contribution in [2.75, 3.05) is 0 Å². The lowest BCUT2D eigenvalue weighted by molar-refractivity contribution is -0.138. The number of nitrogens with zero attached hydrogens (tertiary/aromatic N) is 1. The molecule has 4 heteroatoms. The highest BCUT2D eigenvalue weighted by molar-refractivity contribution is 7.99. The molecule has 0 aliphatic carbocycles. The third-order valence-electron chi connectivity index (χ3n) is 2.60. The molecule has 2 rings (SSSR count). The van der Waals surface area contributed by atoms with Crippen LogP contribution in [0.1, 0.15) is 18.4 Å². The Hall–Kier alpha value is -1.81. The number of carboxylic acids is 1. The number of rotatable bonds is 4. The number of carboxylic acid groups (broad SMARTS) is 1. The molecule has 0 saturated carbocycles. The summed E-state index contributed by atoms with van der Waals surface area (Å²) < 4.78 is 0. The summed E-state index contributed by atoms with van der Waals surface area (Å²) in [5.74, 6) is -1.35. The standard InChI is InChI=1S/C14H13NO2S/c1-10(14(16)17)11-7-8-13(15-9-11)18-12-5-3-2-4-6-12/h2-10H,1H3,(H,16,17). The lowest BCUT2D eigenvalue weighted by atomic mass is 10.0. The predicted molar refractivity (Wildman–Crippen MR) is 70.9 cm³/mol. The van der Waals surface area contributed by atoms with Crippen LogP contribution >= 0.6 is 11.8 Å². The van der Waals surface area contributed by atoms with Gasteiger partial charge in [0.2, 0.25) is 0 Å². The summed E-state index contributed by atoms with van der Waals surface area (Å²) in [6, 6.07) is 13.6. The topological polar surface area (TPSA) is 50.2 Å². The molecule has 0 amide bonds. The molecular weight excluding hydrogens is 246 g/mol. The Labute approximate surface area is 110 Å². The van der Waals surface area contributed by atoms with Gasteiger partial charge in [0, 0.05) is 11.1 Å². The van der Waals surface area contributed by atoms with Gasteiger partial charge in [-0.05, 0) is 30.7 Å². The van der Waals surface area contributed by atoms with E-state index in [2.05, 4.69) is 4.98 Å². The molecule has 3 nitrogen and oxygen atoms in total. The highest BCUT2D eigenvalue weighted by Crippen LogP contribution is 2.26. The second-order valence-electron chi connectivity index (χ2n) is 3.90. The van der Waals surface area contributed by atoms with Crippen molar-refractivity contribution < 1.29 is 9.90 Å². The summed E-state index contributed by atoms with van der Waals surface area (Å²) in [4.78, 5) is 16.2. The van der Waals surface area contributed by atoms with Crippen LogP contribution < -0.4 is 0 Å². The molecule has 0 saturated heterocycles. The molecule has 1 N–H and O–H groups in total. The van der Waals surface area contributed by atoms with Crippen LogP contribution in [0.3, 0.4) is 0 Å². The van der Waals surface area contributed by atoms with Crippen molar-refractivity contribution in [2.24, 2.45) is 0 Å². The van der Waals surface area contributed by atoms with Crippen LogP contribution in [0.25, 0.3) is 0 Å². The van der Waals surface area contributed by atoms with Crippen molar-refractivity contribution >= 4 is 17.7 Å².